The number of hydrogen-bond donors (Lipinski definition) is 2. The first-order chi connectivity index (χ1) is 9.43. The van der Waals surface area contributed by atoms with Gasteiger partial charge < -0.3 is 0 Å². The summed E-state index contributed by atoms with van der Waals surface area (Å²) in [6.07, 6.45) is 0.494. The molecule has 0 spiro atoms. The predicted octanol–water partition coefficient (Wildman–Crippen LogP) is 2.92. The van der Waals surface area contributed by atoms with Gasteiger partial charge in [0.1, 0.15) is 5.82 Å². The summed E-state index contributed by atoms with van der Waals surface area (Å²) < 4.78 is 15.2. The fourth-order valence-corrected chi connectivity index (χ4v) is 2.45. The Morgan fingerprint density at radius 1 is 1.45 bits per heavy atom. The molecule has 0 radical (unpaired) electrons. The third-order valence-corrected chi connectivity index (χ3v) is 4.00. The maximum absolute atomic E-state index is 13.5. The molecule has 1 unspecified atom stereocenters. The molecule has 1 aromatic heterocycles. The Bertz CT molecular complexity index is 627. The van der Waals surface area contributed by atoms with Gasteiger partial charge in [-0.1, -0.05) is 29.3 Å². The molecule has 1 aromatic carbocycles. The largest absolute Gasteiger partial charge is 0.271 e. The van der Waals surface area contributed by atoms with Crippen LogP contribution in [-0.4, -0.2) is 9.78 Å². The van der Waals surface area contributed by atoms with E-state index in [0.717, 1.165) is 11.4 Å². The third kappa shape index (κ3) is 2.96. The molecule has 20 heavy (non-hydrogen) atoms. The molecule has 0 aliphatic heterocycles. The van der Waals surface area contributed by atoms with Gasteiger partial charge in [0.05, 0.1) is 27.5 Å². The number of rotatable bonds is 4. The third-order valence-electron chi connectivity index (χ3n) is 3.21. The van der Waals surface area contributed by atoms with Crippen LogP contribution in [0.1, 0.15) is 23.0 Å². The van der Waals surface area contributed by atoms with E-state index < -0.39 is 5.82 Å². The second-order valence-electron chi connectivity index (χ2n) is 4.57. The number of nitrogens with two attached hydrogens (primary N) is 1. The van der Waals surface area contributed by atoms with E-state index in [1.54, 1.807) is 10.7 Å². The second kappa shape index (κ2) is 6.10. The molecular weight excluding hydrogens is 302 g/mol. The van der Waals surface area contributed by atoms with Crippen LogP contribution in [0.4, 0.5) is 4.39 Å². The summed E-state index contributed by atoms with van der Waals surface area (Å²) >= 11 is 11.9. The van der Waals surface area contributed by atoms with Crippen molar-refractivity contribution in [2.24, 2.45) is 12.9 Å². The molecule has 0 amide bonds. The fourth-order valence-electron chi connectivity index (χ4n) is 2.10. The van der Waals surface area contributed by atoms with Crippen LogP contribution in [0.3, 0.4) is 0 Å². The number of nitrogens with one attached hydrogen (secondary N) is 1. The van der Waals surface area contributed by atoms with E-state index in [2.05, 4.69) is 10.5 Å². The van der Waals surface area contributed by atoms with Gasteiger partial charge in [0.15, 0.2) is 0 Å². The van der Waals surface area contributed by atoms with Crippen molar-refractivity contribution in [2.45, 2.75) is 19.4 Å². The van der Waals surface area contributed by atoms with Crippen LogP contribution in [0, 0.1) is 12.7 Å². The van der Waals surface area contributed by atoms with Crippen molar-refractivity contribution in [2.75, 3.05) is 0 Å². The highest BCUT2D eigenvalue weighted by molar-refractivity contribution is 6.31. The molecule has 2 rings (SSSR count). The van der Waals surface area contributed by atoms with Crippen molar-refractivity contribution in [1.82, 2.24) is 15.2 Å². The first-order valence-corrected chi connectivity index (χ1v) is 6.78. The van der Waals surface area contributed by atoms with Crippen molar-refractivity contribution < 1.29 is 4.39 Å². The summed E-state index contributed by atoms with van der Waals surface area (Å²) in [6, 6.07) is 4.32. The highest BCUT2D eigenvalue weighted by Gasteiger charge is 2.18. The highest BCUT2D eigenvalue weighted by atomic mass is 35.5. The molecule has 2 aromatic rings. The molecule has 1 atom stereocenters. The van der Waals surface area contributed by atoms with E-state index in [4.69, 9.17) is 29.0 Å². The predicted molar refractivity (Wildman–Crippen MR) is 78.1 cm³/mol. The van der Waals surface area contributed by atoms with Gasteiger partial charge in [-0.25, -0.2) is 4.39 Å². The number of hydrogen-bond acceptors (Lipinski definition) is 3. The molecule has 0 saturated heterocycles. The Morgan fingerprint density at radius 3 is 2.65 bits per heavy atom. The number of benzene rings is 1. The van der Waals surface area contributed by atoms with Crippen molar-refractivity contribution in [3.8, 4) is 0 Å². The zero-order chi connectivity index (χ0) is 14.9. The van der Waals surface area contributed by atoms with Gasteiger partial charge >= 0.3 is 0 Å². The van der Waals surface area contributed by atoms with Crippen LogP contribution in [0.25, 0.3) is 0 Å². The van der Waals surface area contributed by atoms with E-state index in [1.165, 1.54) is 12.1 Å². The molecule has 0 fully saturated rings. The topological polar surface area (TPSA) is 55.9 Å². The Labute approximate surface area is 126 Å². The molecule has 7 heteroatoms. The molecule has 108 valence electrons. The van der Waals surface area contributed by atoms with E-state index in [-0.39, 0.29) is 11.1 Å². The molecule has 0 bridgehead atoms. The van der Waals surface area contributed by atoms with Crippen LogP contribution in [0.2, 0.25) is 10.0 Å². The van der Waals surface area contributed by atoms with Crippen LogP contribution in [0.5, 0.6) is 0 Å². The number of nitrogens with zero attached hydrogens (tertiary/aromatic N) is 2. The minimum Gasteiger partial charge on any atom is -0.271 e. The van der Waals surface area contributed by atoms with Gasteiger partial charge in [-0.05, 0) is 24.6 Å². The summed E-state index contributed by atoms with van der Waals surface area (Å²) in [7, 11) is 1.81. The molecule has 0 aliphatic carbocycles. The van der Waals surface area contributed by atoms with Crippen LogP contribution in [0.15, 0.2) is 18.2 Å². The monoisotopic (exact) mass is 316 g/mol. The average Bonchev–Trinajstić information content (AvgIpc) is 2.65. The Morgan fingerprint density at radius 2 is 2.15 bits per heavy atom. The normalized spacial score (nSPS) is 12.7. The van der Waals surface area contributed by atoms with Crippen molar-refractivity contribution >= 4 is 23.2 Å². The first kappa shape index (κ1) is 15.3. The molecular formula is C13H15Cl2FN4. The Hall–Kier alpha value is -1.14. The van der Waals surface area contributed by atoms with E-state index in [1.807, 2.05) is 14.0 Å². The SMILES string of the molecule is Cc1nn(C)c(CC(NN)c2ccc(Cl)c(F)c2)c1Cl. The molecule has 0 saturated carbocycles. The summed E-state index contributed by atoms with van der Waals surface area (Å²) in [5, 5.41) is 4.93. The molecule has 4 nitrogen and oxygen atoms in total. The van der Waals surface area contributed by atoms with Crippen LogP contribution < -0.4 is 11.3 Å². The Balaban J connectivity index is 2.31. The lowest BCUT2D eigenvalue weighted by Crippen LogP contribution is -2.30. The zero-order valence-corrected chi connectivity index (χ0v) is 12.6. The zero-order valence-electron chi connectivity index (χ0n) is 11.1. The van der Waals surface area contributed by atoms with Gasteiger partial charge in [0, 0.05) is 13.5 Å². The van der Waals surface area contributed by atoms with Gasteiger partial charge in [-0.15, -0.1) is 0 Å². The molecule has 1 heterocycles. The minimum atomic E-state index is -0.475. The lowest BCUT2D eigenvalue weighted by Gasteiger charge is -2.17. The number of hydrazine groups is 1. The van der Waals surface area contributed by atoms with Gasteiger partial charge in [0.2, 0.25) is 0 Å². The standard InChI is InChI=1S/C13H15Cl2FN4/c1-7-13(15)12(20(2)19-7)6-11(18-17)8-3-4-9(14)10(16)5-8/h3-5,11,18H,6,17H2,1-2H3. The smallest absolute Gasteiger partial charge is 0.142 e. The highest BCUT2D eigenvalue weighted by Crippen LogP contribution is 2.26. The number of halogens is 3. The molecule has 0 aliphatic rings. The molecule has 3 N–H and O–H groups in total. The summed E-state index contributed by atoms with van der Waals surface area (Å²) in [5.74, 6) is 5.09. The first-order valence-electron chi connectivity index (χ1n) is 6.03. The second-order valence-corrected chi connectivity index (χ2v) is 5.35. The summed E-state index contributed by atoms with van der Waals surface area (Å²) in [5.41, 5.74) is 4.95. The summed E-state index contributed by atoms with van der Waals surface area (Å²) in [4.78, 5) is 0. The lowest BCUT2D eigenvalue weighted by molar-refractivity contribution is 0.525. The van der Waals surface area contributed by atoms with Crippen molar-refractivity contribution in [3.05, 3.63) is 51.0 Å². The number of aryl methyl sites for hydroxylation is 2. The minimum absolute atomic E-state index is 0.0823. The van der Waals surface area contributed by atoms with Gasteiger partial charge in [-0.3, -0.25) is 16.0 Å². The maximum Gasteiger partial charge on any atom is 0.142 e. The number of aromatic nitrogens is 2. The average molecular weight is 317 g/mol. The van der Waals surface area contributed by atoms with Gasteiger partial charge in [0.25, 0.3) is 0 Å². The van der Waals surface area contributed by atoms with Crippen molar-refractivity contribution in [3.63, 3.8) is 0 Å². The Kier molecular flexibility index (Phi) is 4.65. The van der Waals surface area contributed by atoms with Crippen LogP contribution in [-0.2, 0) is 13.5 Å². The maximum atomic E-state index is 13.5. The quantitative estimate of drug-likeness (QED) is 0.673. The van der Waals surface area contributed by atoms with Crippen molar-refractivity contribution in [1.29, 1.82) is 0 Å². The summed E-state index contributed by atoms with van der Waals surface area (Å²) in [6.45, 7) is 1.83. The lowest BCUT2D eigenvalue weighted by atomic mass is 10.0. The fraction of sp³-hybridized carbons (Fsp3) is 0.308. The van der Waals surface area contributed by atoms with E-state index in [0.29, 0.717) is 17.0 Å². The van der Waals surface area contributed by atoms with Gasteiger partial charge in [-0.2, -0.15) is 5.10 Å². The van der Waals surface area contributed by atoms with Crippen LogP contribution >= 0.6 is 23.2 Å². The van der Waals surface area contributed by atoms with E-state index in [9.17, 15) is 4.39 Å². The van der Waals surface area contributed by atoms with E-state index >= 15 is 0 Å².